The molecular weight excluding hydrogens is 218 g/mol. The molecule has 5 heteroatoms. The summed E-state index contributed by atoms with van der Waals surface area (Å²) in [7, 11) is 3.35. The summed E-state index contributed by atoms with van der Waals surface area (Å²) in [5, 5.41) is 3.37. The van der Waals surface area contributed by atoms with Crippen LogP contribution in [0.25, 0.3) is 0 Å². The molecule has 0 amide bonds. The number of aryl methyl sites for hydroxylation is 1. The summed E-state index contributed by atoms with van der Waals surface area (Å²) in [5.41, 5.74) is 1.92. The first-order valence-electron chi connectivity index (χ1n) is 5.71. The first-order chi connectivity index (χ1) is 8.19. The van der Waals surface area contributed by atoms with Crippen LogP contribution < -0.4 is 5.32 Å². The molecule has 0 aliphatic heterocycles. The van der Waals surface area contributed by atoms with E-state index in [0.717, 1.165) is 17.9 Å². The van der Waals surface area contributed by atoms with Crippen LogP contribution in [0.3, 0.4) is 0 Å². The fourth-order valence-electron chi connectivity index (χ4n) is 1.64. The van der Waals surface area contributed by atoms with Gasteiger partial charge in [0.2, 0.25) is 0 Å². The smallest absolute Gasteiger partial charge is 0.0928 e. The van der Waals surface area contributed by atoms with Gasteiger partial charge < -0.3 is 14.8 Å². The highest BCUT2D eigenvalue weighted by atomic mass is 16.5. The Morgan fingerprint density at radius 2 is 2.00 bits per heavy atom. The second kappa shape index (κ2) is 7.32. The zero-order chi connectivity index (χ0) is 12.7. The number of nitrogens with one attached hydrogen (secondary N) is 1. The number of nitrogens with zero attached hydrogens (tertiary/aromatic N) is 2. The van der Waals surface area contributed by atoms with E-state index in [1.165, 1.54) is 0 Å². The Labute approximate surface area is 103 Å². The lowest BCUT2D eigenvalue weighted by molar-refractivity contribution is 0.0275. The second-order valence-corrected chi connectivity index (χ2v) is 3.97. The van der Waals surface area contributed by atoms with E-state index in [1.807, 2.05) is 6.92 Å². The van der Waals surface area contributed by atoms with Crippen molar-refractivity contribution in [3.8, 4) is 0 Å². The maximum absolute atomic E-state index is 5.28. The van der Waals surface area contributed by atoms with Gasteiger partial charge in [-0.15, -0.1) is 0 Å². The first-order valence-corrected chi connectivity index (χ1v) is 5.71. The minimum atomic E-state index is 0.0550. The molecule has 2 atom stereocenters. The second-order valence-electron chi connectivity index (χ2n) is 3.97. The molecule has 0 fully saturated rings. The van der Waals surface area contributed by atoms with Crippen LogP contribution in [0.4, 0.5) is 0 Å². The van der Waals surface area contributed by atoms with Crippen molar-refractivity contribution in [1.29, 1.82) is 0 Å². The van der Waals surface area contributed by atoms with Crippen LogP contribution in [0, 0.1) is 6.92 Å². The fourth-order valence-corrected chi connectivity index (χ4v) is 1.64. The van der Waals surface area contributed by atoms with Gasteiger partial charge in [0, 0.05) is 39.2 Å². The number of rotatable bonds is 7. The summed E-state index contributed by atoms with van der Waals surface area (Å²) >= 11 is 0. The summed E-state index contributed by atoms with van der Waals surface area (Å²) < 4.78 is 10.3. The zero-order valence-corrected chi connectivity index (χ0v) is 10.9. The summed E-state index contributed by atoms with van der Waals surface area (Å²) in [6.45, 7) is 5.33. The van der Waals surface area contributed by atoms with Crippen molar-refractivity contribution in [2.45, 2.75) is 26.0 Å². The molecule has 0 saturated carbocycles. The molecule has 1 aromatic heterocycles. The Balaban J connectivity index is 2.49. The summed E-state index contributed by atoms with van der Waals surface area (Å²) in [4.78, 5) is 8.56. The van der Waals surface area contributed by atoms with E-state index in [-0.39, 0.29) is 12.1 Å². The van der Waals surface area contributed by atoms with Crippen molar-refractivity contribution in [2.75, 3.05) is 27.4 Å². The van der Waals surface area contributed by atoms with Crippen molar-refractivity contribution in [2.24, 2.45) is 0 Å². The molecule has 5 nitrogen and oxygen atoms in total. The molecule has 0 bridgehead atoms. The van der Waals surface area contributed by atoms with Crippen LogP contribution in [-0.2, 0) is 9.47 Å². The fraction of sp³-hybridized carbons (Fsp3) is 0.667. The molecule has 17 heavy (non-hydrogen) atoms. The molecule has 1 aromatic rings. The highest BCUT2D eigenvalue weighted by Gasteiger charge is 2.13. The number of aromatic nitrogens is 2. The van der Waals surface area contributed by atoms with Gasteiger partial charge in [0.05, 0.1) is 24.1 Å². The predicted molar refractivity (Wildman–Crippen MR) is 65.9 cm³/mol. The lowest BCUT2D eigenvalue weighted by Gasteiger charge is -2.19. The maximum atomic E-state index is 5.28. The van der Waals surface area contributed by atoms with Gasteiger partial charge in [0.25, 0.3) is 0 Å². The Hall–Kier alpha value is -1.04. The van der Waals surface area contributed by atoms with Gasteiger partial charge in [0.15, 0.2) is 0 Å². The normalized spacial score (nSPS) is 14.6. The van der Waals surface area contributed by atoms with Crippen LogP contribution in [0.5, 0.6) is 0 Å². The minimum absolute atomic E-state index is 0.0550. The molecule has 0 saturated heterocycles. The monoisotopic (exact) mass is 239 g/mol. The van der Waals surface area contributed by atoms with Gasteiger partial charge in [-0.25, -0.2) is 0 Å². The average Bonchev–Trinajstić information content (AvgIpc) is 2.34. The lowest BCUT2D eigenvalue weighted by atomic mass is 10.2. The van der Waals surface area contributed by atoms with E-state index in [2.05, 4.69) is 22.2 Å². The average molecular weight is 239 g/mol. The summed E-state index contributed by atoms with van der Waals surface area (Å²) in [6.07, 6.45) is 3.47. The van der Waals surface area contributed by atoms with Gasteiger partial charge in [-0.2, -0.15) is 0 Å². The molecule has 1 heterocycles. The van der Waals surface area contributed by atoms with Crippen LogP contribution in [0.1, 0.15) is 24.4 Å². The van der Waals surface area contributed by atoms with Gasteiger partial charge in [-0.1, -0.05) is 0 Å². The quantitative estimate of drug-likeness (QED) is 0.772. The third kappa shape index (κ3) is 4.38. The largest absolute Gasteiger partial charge is 0.382 e. The minimum Gasteiger partial charge on any atom is -0.382 e. The van der Waals surface area contributed by atoms with Gasteiger partial charge >= 0.3 is 0 Å². The summed E-state index contributed by atoms with van der Waals surface area (Å²) in [5.74, 6) is 0. The standard InChI is InChI=1S/C12H21N3O2/c1-9-12(14-6-5-13-9)10(2)15-7-11(17-4)8-16-3/h5-6,10-11,15H,7-8H2,1-4H3. The van der Waals surface area contributed by atoms with Gasteiger partial charge in [0.1, 0.15) is 0 Å². The number of methoxy groups -OCH3 is 2. The van der Waals surface area contributed by atoms with Crippen LogP contribution >= 0.6 is 0 Å². The third-order valence-corrected chi connectivity index (χ3v) is 2.67. The molecular formula is C12H21N3O2. The molecule has 0 aliphatic rings. The molecule has 1 rings (SSSR count). The number of hydrogen-bond donors (Lipinski definition) is 1. The third-order valence-electron chi connectivity index (χ3n) is 2.67. The van der Waals surface area contributed by atoms with Crippen LogP contribution in [-0.4, -0.2) is 43.4 Å². The molecule has 96 valence electrons. The Morgan fingerprint density at radius 3 is 2.59 bits per heavy atom. The van der Waals surface area contributed by atoms with Crippen molar-refractivity contribution in [3.05, 3.63) is 23.8 Å². The molecule has 0 aromatic carbocycles. The molecule has 0 spiro atoms. The number of ether oxygens (including phenoxy) is 2. The van der Waals surface area contributed by atoms with E-state index >= 15 is 0 Å². The highest BCUT2D eigenvalue weighted by Crippen LogP contribution is 2.11. The van der Waals surface area contributed by atoms with Gasteiger partial charge in [-0.3, -0.25) is 9.97 Å². The Bertz CT molecular complexity index is 333. The zero-order valence-electron chi connectivity index (χ0n) is 10.9. The Morgan fingerprint density at radius 1 is 1.29 bits per heavy atom. The van der Waals surface area contributed by atoms with E-state index in [4.69, 9.17) is 9.47 Å². The van der Waals surface area contributed by atoms with Crippen molar-refractivity contribution in [1.82, 2.24) is 15.3 Å². The van der Waals surface area contributed by atoms with E-state index < -0.39 is 0 Å². The van der Waals surface area contributed by atoms with E-state index in [9.17, 15) is 0 Å². The van der Waals surface area contributed by atoms with E-state index in [1.54, 1.807) is 26.6 Å². The van der Waals surface area contributed by atoms with Crippen LogP contribution in [0.2, 0.25) is 0 Å². The number of hydrogen-bond acceptors (Lipinski definition) is 5. The van der Waals surface area contributed by atoms with Crippen molar-refractivity contribution in [3.63, 3.8) is 0 Å². The molecule has 1 N–H and O–H groups in total. The van der Waals surface area contributed by atoms with Crippen molar-refractivity contribution >= 4 is 0 Å². The maximum Gasteiger partial charge on any atom is 0.0928 e. The molecule has 0 aliphatic carbocycles. The molecule has 0 radical (unpaired) electrons. The first kappa shape index (κ1) is 14.0. The molecule has 2 unspecified atom stereocenters. The SMILES string of the molecule is COCC(CNC(C)c1nccnc1C)OC. The van der Waals surface area contributed by atoms with Crippen LogP contribution in [0.15, 0.2) is 12.4 Å². The van der Waals surface area contributed by atoms with E-state index in [0.29, 0.717) is 6.61 Å². The lowest BCUT2D eigenvalue weighted by Crippen LogP contribution is -2.33. The van der Waals surface area contributed by atoms with Crippen molar-refractivity contribution < 1.29 is 9.47 Å². The topological polar surface area (TPSA) is 56.3 Å². The Kier molecular flexibility index (Phi) is 6.04. The summed E-state index contributed by atoms with van der Waals surface area (Å²) in [6, 6.07) is 0.151. The van der Waals surface area contributed by atoms with Gasteiger partial charge in [-0.05, 0) is 13.8 Å². The predicted octanol–water partition coefficient (Wildman–Crippen LogP) is 1.10. The highest BCUT2D eigenvalue weighted by molar-refractivity contribution is 5.12.